The van der Waals surface area contributed by atoms with Gasteiger partial charge in [-0.3, -0.25) is 4.98 Å². The molecule has 2 N–H and O–H groups in total. The molecule has 0 amide bonds. The number of hydrogen-bond donors (Lipinski definition) is 2. The number of rotatable bonds is 4. The van der Waals surface area contributed by atoms with Gasteiger partial charge in [-0.05, 0) is 62.8 Å². The molecule has 1 aromatic carbocycles. The predicted molar refractivity (Wildman–Crippen MR) is 128 cm³/mol. The standard InChI is InChI=1S/C25H25N5.2H2/c1-3-23(17-8-11-30(2)12-9-17)29-20-14-21-22(16-28-25(21)27-15-20)18-6-7-24-19(13-18)5-4-10-26-24;;/h4-7,10,13-17,29H,1,8-9,11-12H2,2H3,(H,27,28);2*1H. The van der Waals surface area contributed by atoms with E-state index < -0.39 is 0 Å². The molecule has 5 nitrogen and oxygen atoms in total. The summed E-state index contributed by atoms with van der Waals surface area (Å²) in [6.45, 7) is 6.14. The van der Waals surface area contributed by atoms with E-state index in [4.69, 9.17) is 0 Å². The average molecular weight is 400 g/mol. The van der Waals surface area contributed by atoms with E-state index in [0.717, 1.165) is 70.4 Å². The number of fused-ring (bicyclic) bond motifs is 2. The van der Waals surface area contributed by atoms with E-state index in [2.05, 4.69) is 74.9 Å². The molecule has 1 aliphatic rings. The van der Waals surface area contributed by atoms with Gasteiger partial charge in [0.1, 0.15) is 5.65 Å². The van der Waals surface area contributed by atoms with Gasteiger partial charge < -0.3 is 15.2 Å². The van der Waals surface area contributed by atoms with Crippen LogP contribution in [0.25, 0.3) is 33.1 Å². The zero-order chi connectivity index (χ0) is 20.5. The molecule has 0 saturated carbocycles. The van der Waals surface area contributed by atoms with Crippen molar-refractivity contribution in [2.75, 3.05) is 25.5 Å². The van der Waals surface area contributed by atoms with Crippen LogP contribution < -0.4 is 5.32 Å². The Hall–Kier alpha value is -3.40. The Kier molecular flexibility index (Phi) is 4.83. The molecule has 3 aromatic heterocycles. The van der Waals surface area contributed by atoms with Crippen LogP contribution in [0.5, 0.6) is 0 Å². The van der Waals surface area contributed by atoms with Gasteiger partial charge in [0.05, 0.1) is 23.1 Å². The zero-order valence-corrected chi connectivity index (χ0v) is 17.2. The van der Waals surface area contributed by atoms with Crippen LogP contribution in [0.15, 0.2) is 73.0 Å². The lowest BCUT2D eigenvalue weighted by atomic mass is 9.94. The fourth-order valence-electron chi connectivity index (χ4n) is 4.30. The second-order valence-electron chi connectivity index (χ2n) is 8.03. The van der Waals surface area contributed by atoms with E-state index in [9.17, 15) is 0 Å². The van der Waals surface area contributed by atoms with Crippen LogP contribution in [0.4, 0.5) is 5.69 Å². The minimum Gasteiger partial charge on any atom is -0.351 e. The van der Waals surface area contributed by atoms with Gasteiger partial charge in [0.2, 0.25) is 0 Å². The average Bonchev–Trinajstić information content (AvgIpc) is 3.21. The SMILES string of the molecule is C=C=C(Nc1cnc2[nH]cc(-c3ccc4ncccc4c3)c2c1)C1CCN(C)CC1.[HH].[HH]. The summed E-state index contributed by atoms with van der Waals surface area (Å²) in [6.07, 6.45) is 7.97. The molecule has 30 heavy (non-hydrogen) atoms. The topological polar surface area (TPSA) is 56.8 Å². The lowest BCUT2D eigenvalue weighted by molar-refractivity contribution is 0.239. The first kappa shape index (κ1) is 18.6. The second kappa shape index (κ2) is 7.79. The van der Waals surface area contributed by atoms with Gasteiger partial charge >= 0.3 is 0 Å². The first-order chi connectivity index (χ1) is 14.7. The van der Waals surface area contributed by atoms with Crippen molar-refractivity contribution < 1.29 is 2.85 Å². The highest BCUT2D eigenvalue weighted by atomic mass is 15.1. The number of H-pyrrole nitrogens is 1. The molecular formula is C25H29N5. The van der Waals surface area contributed by atoms with Gasteiger partial charge in [-0.1, -0.05) is 18.7 Å². The molecule has 4 aromatic rings. The number of allylic oxidation sites excluding steroid dienone is 1. The van der Waals surface area contributed by atoms with Crippen molar-refractivity contribution >= 4 is 27.6 Å². The maximum absolute atomic E-state index is 4.63. The molecule has 0 bridgehead atoms. The molecule has 1 fully saturated rings. The quantitative estimate of drug-likeness (QED) is 0.433. The van der Waals surface area contributed by atoms with Crippen LogP contribution in [0.1, 0.15) is 15.7 Å². The lowest BCUT2D eigenvalue weighted by Gasteiger charge is -2.30. The van der Waals surface area contributed by atoms with Crippen molar-refractivity contribution in [2.45, 2.75) is 12.8 Å². The smallest absolute Gasteiger partial charge is 0.138 e. The third-order valence-electron chi connectivity index (χ3n) is 6.04. The normalized spacial score (nSPS) is 15.4. The molecule has 154 valence electrons. The molecule has 0 aliphatic carbocycles. The van der Waals surface area contributed by atoms with E-state index in [1.165, 1.54) is 0 Å². The van der Waals surface area contributed by atoms with Crippen molar-refractivity contribution in [2.24, 2.45) is 5.92 Å². The molecule has 0 atom stereocenters. The molecular weight excluding hydrogens is 370 g/mol. The summed E-state index contributed by atoms with van der Waals surface area (Å²) in [5.41, 5.74) is 9.34. The third-order valence-corrected chi connectivity index (χ3v) is 6.04. The Bertz CT molecular complexity index is 1270. The van der Waals surface area contributed by atoms with E-state index in [-0.39, 0.29) is 2.85 Å². The Morgan fingerprint density at radius 3 is 2.93 bits per heavy atom. The first-order valence-electron chi connectivity index (χ1n) is 10.4. The van der Waals surface area contributed by atoms with E-state index in [0.29, 0.717) is 5.92 Å². The number of piperidine rings is 1. The zero-order valence-electron chi connectivity index (χ0n) is 17.2. The molecule has 1 saturated heterocycles. The summed E-state index contributed by atoms with van der Waals surface area (Å²) >= 11 is 0. The fraction of sp³-hybridized carbons (Fsp3) is 0.240. The van der Waals surface area contributed by atoms with Crippen molar-refractivity contribution in [1.82, 2.24) is 19.9 Å². The van der Waals surface area contributed by atoms with Gasteiger partial charge in [-0.15, -0.1) is 5.73 Å². The lowest BCUT2D eigenvalue weighted by Crippen LogP contribution is -2.32. The van der Waals surface area contributed by atoms with Crippen molar-refractivity contribution in [1.29, 1.82) is 0 Å². The summed E-state index contributed by atoms with van der Waals surface area (Å²) in [5, 5.41) is 5.76. The highest BCUT2D eigenvalue weighted by molar-refractivity contribution is 5.97. The Morgan fingerprint density at radius 1 is 1.23 bits per heavy atom. The summed E-state index contributed by atoms with van der Waals surface area (Å²) in [7, 11) is 2.18. The first-order valence-corrected chi connectivity index (χ1v) is 10.4. The van der Waals surface area contributed by atoms with Gasteiger partial charge in [-0.2, -0.15) is 0 Å². The molecule has 0 unspecified atom stereocenters. The minimum atomic E-state index is 0. The van der Waals surface area contributed by atoms with Crippen LogP contribution in [-0.2, 0) is 0 Å². The minimum absolute atomic E-state index is 0. The molecule has 1 aliphatic heterocycles. The number of nitrogens with one attached hydrogen (secondary N) is 2. The maximum Gasteiger partial charge on any atom is 0.138 e. The van der Waals surface area contributed by atoms with E-state index in [1.807, 2.05) is 24.7 Å². The summed E-state index contributed by atoms with van der Waals surface area (Å²) < 4.78 is 0. The number of pyridine rings is 2. The molecule has 5 rings (SSSR count). The number of aromatic nitrogens is 3. The van der Waals surface area contributed by atoms with E-state index in [1.54, 1.807) is 0 Å². The van der Waals surface area contributed by atoms with Gasteiger partial charge in [0, 0.05) is 37.5 Å². The number of anilines is 1. The van der Waals surface area contributed by atoms with Crippen LogP contribution in [-0.4, -0.2) is 40.0 Å². The van der Waals surface area contributed by atoms with Gasteiger partial charge in [0.25, 0.3) is 0 Å². The molecule has 0 radical (unpaired) electrons. The van der Waals surface area contributed by atoms with Crippen molar-refractivity contribution in [3.05, 3.63) is 73.0 Å². The van der Waals surface area contributed by atoms with Crippen LogP contribution in [0.2, 0.25) is 0 Å². The highest BCUT2D eigenvalue weighted by Crippen LogP contribution is 2.32. The summed E-state index contributed by atoms with van der Waals surface area (Å²) in [6, 6.07) is 12.6. The predicted octanol–water partition coefficient (Wildman–Crippen LogP) is 5.69. The third kappa shape index (κ3) is 3.50. The van der Waals surface area contributed by atoms with Gasteiger partial charge in [-0.25, -0.2) is 4.98 Å². The number of benzene rings is 1. The second-order valence-corrected chi connectivity index (χ2v) is 8.03. The molecule has 0 spiro atoms. The Balaban J connectivity index is 0.00000144. The Morgan fingerprint density at radius 2 is 2.10 bits per heavy atom. The summed E-state index contributed by atoms with van der Waals surface area (Å²) in [5.74, 6) is 0.466. The van der Waals surface area contributed by atoms with Gasteiger partial charge in [0.15, 0.2) is 0 Å². The maximum atomic E-state index is 4.63. The van der Waals surface area contributed by atoms with Crippen LogP contribution >= 0.6 is 0 Å². The largest absolute Gasteiger partial charge is 0.351 e. The molecule has 5 heteroatoms. The van der Waals surface area contributed by atoms with Crippen LogP contribution in [0, 0.1) is 5.92 Å². The van der Waals surface area contributed by atoms with E-state index >= 15 is 0 Å². The van der Waals surface area contributed by atoms with Crippen molar-refractivity contribution in [3.63, 3.8) is 0 Å². The fourth-order valence-corrected chi connectivity index (χ4v) is 4.30. The molecule has 4 heterocycles. The highest BCUT2D eigenvalue weighted by Gasteiger charge is 2.20. The number of aromatic amines is 1. The van der Waals surface area contributed by atoms with Crippen molar-refractivity contribution in [3.8, 4) is 11.1 Å². The monoisotopic (exact) mass is 399 g/mol. The summed E-state index contributed by atoms with van der Waals surface area (Å²) in [4.78, 5) is 14.7. The number of hydrogen-bond acceptors (Lipinski definition) is 4. The number of nitrogens with zero attached hydrogens (tertiary/aromatic N) is 3. The Labute approximate surface area is 179 Å². The number of likely N-dealkylation sites (tertiary alicyclic amines) is 1. The van der Waals surface area contributed by atoms with Crippen LogP contribution in [0.3, 0.4) is 0 Å².